The minimum absolute atomic E-state index is 0.189. The van der Waals surface area contributed by atoms with E-state index in [1.54, 1.807) is 0 Å². The summed E-state index contributed by atoms with van der Waals surface area (Å²) in [7, 11) is 0. The van der Waals surface area contributed by atoms with Gasteiger partial charge < -0.3 is 10.4 Å². The molecule has 2 atom stereocenters. The third-order valence-electron chi connectivity index (χ3n) is 2.92. The van der Waals surface area contributed by atoms with Crippen LogP contribution in [0.3, 0.4) is 0 Å². The normalized spacial score (nSPS) is 31.8. The average Bonchev–Trinajstić information content (AvgIpc) is 2.42. The maximum atomic E-state index is 10.4. The Labute approximate surface area is 77.8 Å². The second kappa shape index (κ2) is 3.50. The molecule has 2 saturated heterocycles. The van der Waals surface area contributed by atoms with E-state index in [2.05, 4.69) is 5.32 Å². The van der Waals surface area contributed by atoms with Crippen LogP contribution in [0, 0.1) is 0 Å². The van der Waals surface area contributed by atoms with Gasteiger partial charge in [0.1, 0.15) is 0 Å². The summed E-state index contributed by atoms with van der Waals surface area (Å²) in [5.74, 6) is -0.724. The molecule has 0 aromatic carbocycles. The molecular formula is C10H15NO2. The number of nitrogens with one attached hydrogen (secondary N) is 1. The molecule has 2 N–H and O–H groups in total. The summed E-state index contributed by atoms with van der Waals surface area (Å²) in [5.41, 5.74) is 1.34. The number of carbonyl (C=O) groups is 1. The fourth-order valence-corrected chi connectivity index (χ4v) is 2.34. The van der Waals surface area contributed by atoms with Crippen molar-refractivity contribution in [1.29, 1.82) is 0 Å². The smallest absolute Gasteiger partial charge is 0.307 e. The lowest BCUT2D eigenvalue weighted by molar-refractivity contribution is -0.136. The third-order valence-corrected chi connectivity index (χ3v) is 2.92. The molecule has 0 aliphatic carbocycles. The van der Waals surface area contributed by atoms with Crippen molar-refractivity contribution in [3.63, 3.8) is 0 Å². The molecule has 72 valence electrons. The Hall–Kier alpha value is -0.830. The van der Waals surface area contributed by atoms with Gasteiger partial charge in [-0.3, -0.25) is 4.79 Å². The second-order valence-corrected chi connectivity index (χ2v) is 4.01. The molecule has 2 unspecified atom stereocenters. The van der Waals surface area contributed by atoms with Crippen molar-refractivity contribution in [2.24, 2.45) is 0 Å². The number of carboxylic acids is 1. The largest absolute Gasteiger partial charge is 0.481 e. The van der Waals surface area contributed by atoms with Crippen LogP contribution in [0.15, 0.2) is 11.6 Å². The zero-order valence-corrected chi connectivity index (χ0v) is 7.62. The molecule has 2 heterocycles. The first-order valence-electron chi connectivity index (χ1n) is 4.90. The number of piperidine rings is 1. The van der Waals surface area contributed by atoms with E-state index < -0.39 is 5.97 Å². The highest BCUT2D eigenvalue weighted by Crippen LogP contribution is 2.30. The molecule has 0 aromatic heterocycles. The minimum Gasteiger partial charge on any atom is -0.481 e. The van der Waals surface area contributed by atoms with E-state index in [4.69, 9.17) is 5.11 Å². The summed E-state index contributed by atoms with van der Waals surface area (Å²) in [5, 5.41) is 12.1. The Kier molecular flexibility index (Phi) is 2.36. The number of hydrogen-bond donors (Lipinski definition) is 2. The molecule has 0 spiro atoms. The van der Waals surface area contributed by atoms with E-state index in [1.165, 1.54) is 18.4 Å². The standard InChI is InChI=1S/C10H15NO2/c12-10(13)4-1-7-5-8-2-3-9(6-7)11-8/h1,8-9,11H,2-6H2,(H,12,13). The van der Waals surface area contributed by atoms with Crippen LogP contribution < -0.4 is 5.32 Å². The molecule has 0 amide bonds. The van der Waals surface area contributed by atoms with Crippen molar-refractivity contribution in [2.45, 2.75) is 44.2 Å². The quantitative estimate of drug-likeness (QED) is 0.631. The van der Waals surface area contributed by atoms with E-state index in [0.29, 0.717) is 12.1 Å². The van der Waals surface area contributed by atoms with Crippen LogP contribution in [-0.2, 0) is 4.79 Å². The predicted molar refractivity (Wildman–Crippen MR) is 49.5 cm³/mol. The van der Waals surface area contributed by atoms with Crippen LogP contribution in [-0.4, -0.2) is 23.2 Å². The summed E-state index contributed by atoms with van der Waals surface area (Å²) in [6.07, 6.45) is 6.72. The molecule has 0 saturated carbocycles. The first-order chi connectivity index (χ1) is 6.24. The Balaban J connectivity index is 1.94. The fraction of sp³-hybridized carbons (Fsp3) is 0.700. The number of fused-ring (bicyclic) bond motifs is 2. The zero-order chi connectivity index (χ0) is 9.26. The maximum Gasteiger partial charge on any atom is 0.307 e. The molecule has 2 aliphatic rings. The van der Waals surface area contributed by atoms with Crippen LogP contribution in [0.4, 0.5) is 0 Å². The summed E-state index contributed by atoms with van der Waals surface area (Å²) >= 11 is 0. The molecule has 3 heteroatoms. The maximum absolute atomic E-state index is 10.4. The zero-order valence-electron chi connectivity index (χ0n) is 7.62. The molecule has 2 rings (SSSR count). The van der Waals surface area contributed by atoms with E-state index >= 15 is 0 Å². The second-order valence-electron chi connectivity index (χ2n) is 4.01. The highest BCUT2D eigenvalue weighted by atomic mass is 16.4. The van der Waals surface area contributed by atoms with E-state index in [1.807, 2.05) is 6.08 Å². The van der Waals surface area contributed by atoms with Gasteiger partial charge in [0.15, 0.2) is 0 Å². The summed E-state index contributed by atoms with van der Waals surface area (Å²) in [6.45, 7) is 0. The van der Waals surface area contributed by atoms with Crippen molar-refractivity contribution >= 4 is 5.97 Å². The molecule has 0 radical (unpaired) electrons. The van der Waals surface area contributed by atoms with Crippen LogP contribution in [0.2, 0.25) is 0 Å². The summed E-state index contributed by atoms with van der Waals surface area (Å²) < 4.78 is 0. The van der Waals surface area contributed by atoms with Gasteiger partial charge in [-0.15, -0.1) is 0 Å². The predicted octanol–water partition coefficient (Wildman–Crippen LogP) is 1.30. The third kappa shape index (κ3) is 2.10. The van der Waals surface area contributed by atoms with Crippen LogP contribution in [0.5, 0.6) is 0 Å². The number of rotatable bonds is 2. The SMILES string of the molecule is O=C(O)CC=C1CC2CCC(C1)N2. The Morgan fingerprint density at radius 3 is 2.62 bits per heavy atom. The van der Waals surface area contributed by atoms with E-state index in [-0.39, 0.29) is 6.42 Å². The average molecular weight is 181 g/mol. The van der Waals surface area contributed by atoms with Crippen LogP contribution >= 0.6 is 0 Å². The highest BCUT2D eigenvalue weighted by Gasteiger charge is 2.29. The molecule has 2 fully saturated rings. The lowest BCUT2D eigenvalue weighted by atomic mass is 9.98. The van der Waals surface area contributed by atoms with Crippen molar-refractivity contribution in [2.75, 3.05) is 0 Å². The van der Waals surface area contributed by atoms with Gasteiger partial charge in [0.05, 0.1) is 6.42 Å². The van der Waals surface area contributed by atoms with Crippen molar-refractivity contribution < 1.29 is 9.90 Å². The lowest BCUT2D eigenvalue weighted by Crippen LogP contribution is -2.34. The molecule has 2 aliphatic heterocycles. The van der Waals surface area contributed by atoms with Crippen molar-refractivity contribution in [3.05, 3.63) is 11.6 Å². The molecule has 0 aromatic rings. The van der Waals surface area contributed by atoms with Gasteiger partial charge in [-0.05, 0) is 25.7 Å². The first kappa shape index (κ1) is 8.75. The van der Waals surface area contributed by atoms with Crippen LogP contribution in [0.25, 0.3) is 0 Å². The molecule has 3 nitrogen and oxygen atoms in total. The Morgan fingerprint density at radius 2 is 2.08 bits per heavy atom. The van der Waals surface area contributed by atoms with Gasteiger partial charge in [0.2, 0.25) is 0 Å². The monoisotopic (exact) mass is 181 g/mol. The van der Waals surface area contributed by atoms with Gasteiger partial charge in [-0.25, -0.2) is 0 Å². The van der Waals surface area contributed by atoms with Gasteiger partial charge in [-0.2, -0.15) is 0 Å². The lowest BCUT2D eigenvalue weighted by Gasteiger charge is -2.23. The minimum atomic E-state index is -0.724. The number of carboxylic acid groups (broad SMARTS) is 1. The van der Waals surface area contributed by atoms with Gasteiger partial charge in [0, 0.05) is 12.1 Å². The molecular weight excluding hydrogens is 166 g/mol. The highest BCUT2D eigenvalue weighted by molar-refractivity contribution is 5.68. The summed E-state index contributed by atoms with van der Waals surface area (Å²) in [6, 6.07) is 1.25. The summed E-state index contributed by atoms with van der Waals surface area (Å²) in [4.78, 5) is 10.4. The van der Waals surface area contributed by atoms with E-state index in [0.717, 1.165) is 12.8 Å². The van der Waals surface area contributed by atoms with Crippen molar-refractivity contribution in [1.82, 2.24) is 5.32 Å². The van der Waals surface area contributed by atoms with Gasteiger partial charge in [-0.1, -0.05) is 11.6 Å². The van der Waals surface area contributed by atoms with Gasteiger partial charge >= 0.3 is 5.97 Å². The molecule has 13 heavy (non-hydrogen) atoms. The topological polar surface area (TPSA) is 49.3 Å². The number of hydrogen-bond acceptors (Lipinski definition) is 2. The fourth-order valence-electron chi connectivity index (χ4n) is 2.34. The number of aliphatic carboxylic acids is 1. The first-order valence-corrected chi connectivity index (χ1v) is 4.90. The van der Waals surface area contributed by atoms with Crippen molar-refractivity contribution in [3.8, 4) is 0 Å². The van der Waals surface area contributed by atoms with Crippen LogP contribution in [0.1, 0.15) is 32.1 Å². The van der Waals surface area contributed by atoms with E-state index in [9.17, 15) is 4.79 Å². The van der Waals surface area contributed by atoms with Gasteiger partial charge in [0.25, 0.3) is 0 Å². The Morgan fingerprint density at radius 1 is 1.46 bits per heavy atom. The molecule has 2 bridgehead atoms. The Bertz CT molecular complexity index is 233.